The van der Waals surface area contributed by atoms with Crippen molar-refractivity contribution < 1.29 is 22.3 Å². The zero-order valence-electron chi connectivity index (χ0n) is 16.4. The molecular weight excluding hydrogens is 407 g/mol. The van der Waals surface area contributed by atoms with Crippen LogP contribution in [0.1, 0.15) is 32.3 Å². The SMILES string of the molecule is Cc1cc(S(=O)(=O)N2CCOC23CCN(C(=O)C(C)(C)CCl)CC3)ccc1F. The molecule has 156 valence electrons. The molecule has 3 rings (SSSR count). The zero-order chi connectivity index (χ0) is 20.7. The Morgan fingerprint density at radius 3 is 2.50 bits per heavy atom. The molecule has 28 heavy (non-hydrogen) atoms. The van der Waals surface area contributed by atoms with E-state index >= 15 is 0 Å². The summed E-state index contributed by atoms with van der Waals surface area (Å²) in [6.45, 7) is 6.45. The minimum Gasteiger partial charge on any atom is -0.358 e. The molecule has 2 heterocycles. The number of nitrogens with zero attached hydrogens (tertiary/aromatic N) is 2. The van der Waals surface area contributed by atoms with Crippen LogP contribution in [-0.2, 0) is 19.6 Å². The topological polar surface area (TPSA) is 66.9 Å². The van der Waals surface area contributed by atoms with Crippen LogP contribution in [0.2, 0.25) is 0 Å². The van der Waals surface area contributed by atoms with Gasteiger partial charge >= 0.3 is 0 Å². The van der Waals surface area contributed by atoms with Crippen molar-refractivity contribution in [3.05, 3.63) is 29.6 Å². The third-order valence-corrected chi connectivity index (χ3v) is 8.20. The Kier molecular flexibility index (Phi) is 5.80. The maximum atomic E-state index is 13.6. The Bertz CT molecular complexity index is 867. The van der Waals surface area contributed by atoms with E-state index in [2.05, 4.69) is 0 Å². The van der Waals surface area contributed by atoms with Crippen molar-refractivity contribution in [1.29, 1.82) is 0 Å². The molecule has 2 aliphatic heterocycles. The van der Waals surface area contributed by atoms with E-state index in [1.165, 1.54) is 29.4 Å². The average Bonchev–Trinajstić information content (AvgIpc) is 3.07. The second-order valence-electron chi connectivity index (χ2n) is 8.09. The summed E-state index contributed by atoms with van der Waals surface area (Å²) in [6.07, 6.45) is 0.771. The second kappa shape index (κ2) is 7.55. The highest BCUT2D eigenvalue weighted by molar-refractivity contribution is 7.89. The van der Waals surface area contributed by atoms with Crippen LogP contribution in [0.15, 0.2) is 23.1 Å². The lowest BCUT2D eigenvalue weighted by atomic mass is 9.92. The number of hydrogen-bond donors (Lipinski definition) is 0. The third-order valence-electron chi connectivity index (χ3n) is 5.58. The van der Waals surface area contributed by atoms with Crippen molar-refractivity contribution >= 4 is 27.5 Å². The van der Waals surface area contributed by atoms with Gasteiger partial charge < -0.3 is 9.64 Å². The average molecular weight is 433 g/mol. The van der Waals surface area contributed by atoms with Gasteiger partial charge in [-0.05, 0) is 44.5 Å². The number of carbonyl (C=O) groups excluding carboxylic acids is 1. The molecule has 1 spiro atoms. The lowest BCUT2D eigenvalue weighted by Gasteiger charge is -2.44. The monoisotopic (exact) mass is 432 g/mol. The highest BCUT2D eigenvalue weighted by Crippen LogP contribution is 2.39. The van der Waals surface area contributed by atoms with E-state index in [4.69, 9.17) is 16.3 Å². The molecule has 1 aromatic rings. The molecular formula is C19H26ClFN2O4S. The fraction of sp³-hybridized carbons (Fsp3) is 0.632. The molecule has 6 nitrogen and oxygen atoms in total. The summed E-state index contributed by atoms with van der Waals surface area (Å²) in [5.41, 5.74) is -1.36. The van der Waals surface area contributed by atoms with Crippen LogP contribution in [-0.4, -0.2) is 61.4 Å². The van der Waals surface area contributed by atoms with Crippen molar-refractivity contribution in [3.8, 4) is 0 Å². The number of amides is 1. The largest absolute Gasteiger partial charge is 0.358 e. The van der Waals surface area contributed by atoms with Crippen LogP contribution in [0.4, 0.5) is 4.39 Å². The Morgan fingerprint density at radius 1 is 1.29 bits per heavy atom. The van der Waals surface area contributed by atoms with Crippen LogP contribution >= 0.6 is 11.6 Å². The normalized spacial score (nSPS) is 20.7. The van der Waals surface area contributed by atoms with Crippen LogP contribution in [0.5, 0.6) is 0 Å². The molecule has 0 atom stereocenters. The number of hydrogen-bond acceptors (Lipinski definition) is 4. The second-order valence-corrected chi connectivity index (χ2v) is 10.2. The van der Waals surface area contributed by atoms with E-state index in [0.717, 1.165) is 0 Å². The van der Waals surface area contributed by atoms with Gasteiger partial charge in [0.15, 0.2) is 0 Å². The summed E-state index contributed by atoms with van der Waals surface area (Å²) in [4.78, 5) is 14.4. The fourth-order valence-corrected chi connectivity index (χ4v) is 5.70. The lowest BCUT2D eigenvalue weighted by molar-refractivity contribution is -0.147. The van der Waals surface area contributed by atoms with Crippen molar-refractivity contribution in [1.82, 2.24) is 9.21 Å². The van der Waals surface area contributed by atoms with Crippen LogP contribution in [0.3, 0.4) is 0 Å². The fourth-order valence-electron chi connectivity index (χ4n) is 3.78. The molecule has 2 fully saturated rings. The number of halogens is 2. The van der Waals surface area contributed by atoms with E-state index in [1.54, 1.807) is 18.7 Å². The number of sulfonamides is 1. The molecule has 0 N–H and O–H groups in total. The Morgan fingerprint density at radius 2 is 1.93 bits per heavy atom. The molecule has 2 saturated heterocycles. The quantitative estimate of drug-likeness (QED) is 0.686. The van der Waals surface area contributed by atoms with Crippen molar-refractivity contribution in [2.75, 3.05) is 32.1 Å². The van der Waals surface area contributed by atoms with Gasteiger partial charge in [-0.2, -0.15) is 4.31 Å². The Hall–Kier alpha value is -1.22. The minimum absolute atomic E-state index is 0.0427. The number of alkyl halides is 1. The van der Waals surface area contributed by atoms with Gasteiger partial charge in [-0.25, -0.2) is 12.8 Å². The summed E-state index contributed by atoms with van der Waals surface area (Å²) in [7, 11) is -3.84. The van der Waals surface area contributed by atoms with E-state index < -0.39 is 27.0 Å². The standard InChI is InChI=1S/C19H26ClFN2O4S/c1-14-12-15(4-5-16(14)21)28(25,26)23-10-11-27-19(23)6-8-22(9-7-19)17(24)18(2,3)13-20/h4-5,12H,6-11,13H2,1-3H3. The van der Waals surface area contributed by atoms with E-state index in [1.807, 2.05) is 0 Å². The van der Waals surface area contributed by atoms with Gasteiger partial charge in [0, 0.05) is 38.4 Å². The lowest BCUT2D eigenvalue weighted by Crippen LogP contribution is -2.57. The number of ether oxygens (including phenoxy) is 1. The van der Waals surface area contributed by atoms with Crippen LogP contribution in [0, 0.1) is 18.2 Å². The molecule has 1 aromatic carbocycles. The molecule has 1 amide bonds. The molecule has 0 radical (unpaired) electrons. The molecule has 0 saturated carbocycles. The number of carbonyl (C=O) groups is 1. The highest BCUT2D eigenvalue weighted by Gasteiger charge is 2.51. The summed E-state index contributed by atoms with van der Waals surface area (Å²) in [6, 6.07) is 3.80. The smallest absolute Gasteiger partial charge is 0.245 e. The van der Waals surface area contributed by atoms with Crippen molar-refractivity contribution in [2.45, 2.75) is 44.2 Å². The number of aryl methyl sites for hydroxylation is 1. The zero-order valence-corrected chi connectivity index (χ0v) is 17.9. The van der Waals surface area contributed by atoms with Gasteiger partial charge in [0.05, 0.1) is 16.9 Å². The molecule has 0 bridgehead atoms. The first-order valence-electron chi connectivity index (χ1n) is 9.32. The molecule has 0 aromatic heterocycles. The first-order chi connectivity index (χ1) is 13.0. The molecule has 2 aliphatic rings. The molecule has 0 unspecified atom stereocenters. The van der Waals surface area contributed by atoms with Gasteiger partial charge in [0.2, 0.25) is 15.9 Å². The van der Waals surface area contributed by atoms with Gasteiger partial charge in [-0.15, -0.1) is 11.6 Å². The molecule has 9 heteroatoms. The predicted molar refractivity (Wildman–Crippen MR) is 104 cm³/mol. The summed E-state index contributed by atoms with van der Waals surface area (Å²) in [5, 5.41) is 0. The van der Waals surface area contributed by atoms with Crippen LogP contribution < -0.4 is 0 Å². The third kappa shape index (κ3) is 3.67. The molecule has 0 aliphatic carbocycles. The van der Waals surface area contributed by atoms with Gasteiger partial charge in [0.1, 0.15) is 11.5 Å². The minimum atomic E-state index is -3.84. The summed E-state index contributed by atoms with van der Waals surface area (Å²) < 4.78 is 47.3. The number of benzene rings is 1. The van der Waals surface area contributed by atoms with Crippen molar-refractivity contribution in [2.24, 2.45) is 5.41 Å². The number of piperidine rings is 1. The van der Waals surface area contributed by atoms with Gasteiger partial charge in [-0.1, -0.05) is 0 Å². The summed E-state index contributed by atoms with van der Waals surface area (Å²) >= 11 is 5.92. The van der Waals surface area contributed by atoms with Crippen LogP contribution in [0.25, 0.3) is 0 Å². The van der Waals surface area contributed by atoms with E-state index in [9.17, 15) is 17.6 Å². The number of likely N-dealkylation sites (tertiary alicyclic amines) is 1. The maximum absolute atomic E-state index is 13.6. The first-order valence-corrected chi connectivity index (χ1v) is 11.3. The maximum Gasteiger partial charge on any atom is 0.245 e. The predicted octanol–water partition coefficient (Wildman–Crippen LogP) is 2.74. The highest BCUT2D eigenvalue weighted by atomic mass is 35.5. The van der Waals surface area contributed by atoms with Crippen molar-refractivity contribution in [3.63, 3.8) is 0 Å². The Labute approximate surface area is 170 Å². The van der Waals surface area contributed by atoms with Gasteiger partial charge in [-0.3, -0.25) is 4.79 Å². The number of rotatable bonds is 4. The Balaban J connectivity index is 1.82. The summed E-state index contributed by atoms with van der Waals surface area (Å²) in [5.74, 6) is -0.270. The van der Waals surface area contributed by atoms with E-state index in [-0.39, 0.29) is 28.8 Å². The van der Waals surface area contributed by atoms with E-state index in [0.29, 0.717) is 32.5 Å². The first kappa shape index (κ1) is 21.5. The van der Waals surface area contributed by atoms with Gasteiger partial charge in [0.25, 0.3) is 0 Å².